The van der Waals surface area contributed by atoms with Gasteiger partial charge in [0.15, 0.2) is 16.3 Å². The maximum Gasteiger partial charge on any atom is 0.387 e. The van der Waals surface area contributed by atoms with E-state index in [9.17, 15) is 13.6 Å². The van der Waals surface area contributed by atoms with Gasteiger partial charge in [0, 0.05) is 6.07 Å². The van der Waals surface area contributed by atoms with Crippen molar-refractivity contribution in [1.29, 1.82) is 0 Å². The smallest absolute Gasteiger partial charge is 0.387 e. The fourth-order valence-electron chi connectivity index (χ4n) is 1.52. The molecule has 0 aliphatic rings. The highest BCUT2D eigenvalue weighted by atomic mass is 32.1. The zero-order chi connectivity index (χ0) is 13.3. The molecular weight excluding hydrogens is 266 g/mol. The Morgan fingerprint density at radius 3 is 2.61 bits per heavy atom. The Morgan fingerprint density at radius 1 is 1.28 bits per heavy atom. The molecule has 5 nitrogen and oxygen atoms in total. The Bertz CT molecular complexity index is 696. The average molecular weight is 274 g/mol. The van der Waals surface area contributed by atoms with Gasteiger partial charge in [-0.05, 0) is 18.3 Å². The first-order valence-electron chi connectivity index (χ1n) is 4.80. The monoisotopic (exact) mass is 274 g/mol. The number of nitrogens with one attached hydrogen (secondary N) is 2. The molecule has 0 unspecified atom stereocenters. The number of hydrogen-bond acceptors (Lipinski definition) is 4. The molecule has 18 heavy (non-hydrogen) atoms. The van der Waals surface area contributed by atoms with Crippen LogP contribution in [0.25, 0.3) is 10.9 Å². The summed E-state index contributed by atoms with van der Waals surface area (Å²) in [5.74, 6) is -0.130. The summed E-state index contributed by atoms with van der Waals surface area (Å²) in [7, 11) is 1.29. The number of H-pyrrole nitrogens is 2. The fourth-order valence-corrected chi connectivity index (χ4v) is 1.73. The number of hydrogen-bond donors (Lipinski definition) is 2. The van der Waals surface area contributed by atoms with Gasteiger partial charge in [-0.25, -0.2) is 0 Å². The first-order chi connectivity index (χ1) is 8.51. The Balaban J connectivity index is 2.73. The number of aromatic amines is 2. The van der Waals surface area contributed by atoms with Crippen molar-refractivity contribution in [2.75, 3.05) is 7.11 Å². The second-order valence-corrected chi connectivity index (χ2v) is 3.74. The molecule has 8 heteroatoms. The highest BCUT2D eigenvalue weighted by molar-refractivity contribution is 7.71. The van der Waals surface area contributed by atoms with Gasteiger partial charge in [0.25, 0.3) is 5.56 Å². The summed E-state index contributed by atoms with van der Waals surface area (Å²) >= 11 is 4.79. The molecule has 0 amide bonds. The van der Waals surface area contributed by atoms with Crippen LogP contribution in [0.15, 0.2) is 16.9 Å². The van der Waals surface area contributed by atoms with Crippen LogP contribution < -0.4 is 15.0 Å². The average Bonchev–Trinajstić information content (AvgIpc) is 2.27. The van der Waals surface area contributed by atoms with E-state index < -0.39 is 12.2 Å². The molecular formula is C10H8F2N2O3S. The Morgan fingerprint density at radius 2 is 2.00 bits per heavy atom. The number of alkyl halides is 2. The second kappa shape index (κ2) is 4.73. The van der Waals surface area contributed by atoms with Gasteiger partial charge >= 0.3 is 6.61 Å². The van der Waals surface area contributed by atoms with Crippen molar-refractivity contribution in [2.45, 2.75) is 6.61 Å². The van der Waals surface area contributed by atoms with E-state index in [1.807, 2.05) is 0 Å². The molecule has 0 bridgehead atoms. The van der Waals surface area contributed by atoms with Gasteiger partial charge in [-0.3, -0.25) is 9.78 Å². The number of ether oxygens (including phenoxy) is 2. The normalized spacial score (nSPS) is 10.9. The summed E-state index contributed by atoms with van der Waals surface area (Å²) in [5, 5.41) is 0.238. The van der Waals surface area contributed by atoms with Gasteiger partial charge in [-0.2, -0.15) is 8.78 Å². The van der Waals surface area contributed by atoms with Crippen LogP contribution in [0.3, 0.4) is 0 Å². The largest absolute Gasteiger partial charge is 0.493 e. The van der Waals surface area contributed by atoms with Crippen LogP contribution in [-0.4, -0.2) is 23.7 Å². The van der Waals surface area contributed by atoms with Crippen molar-refractivity contribution in [3.63, 3.8) is 0 Å². The Hall–Kier alpha value is -1.96. The van der Waals surface area contributed by atoms with E-state index in [-0.39, 0.29) is 21.7 Å². The number of rotatable bonds is 3. The van der Waals surface area contributed by atoms with E-state index in [0.29, 0.717) is 5.52 Å². The minimum atomic E-state index is -2.98. The lowest BCUT2D eigenvalue weighted by Gasteiger charge is -2.10. The topological polar surface area (TPSA) is 67.1 Å². The Kier molecular flexibility index (Phi) is 3.28. The molecule has 2 N–H and O–H groups in total. The highest BCUT2D eigenvalue weighted by Crippen LogP contribution is 2.31. The standard InChI is InChI=1S/C10H8F2N2O3S/c1-16-6-2-4-5(3-7(6)17-9(11)12)13-10(18)14-8(4)15/h2-3,9H,1H3,(H2,13,14,15,18). The van der Waals surface area contributed by atoms with Crippen molar-refractivity contribution in [2.24, 2.45) is 0 Å². The van der Waals surface area contributed by atoms with Crippen molar-refractivity contribution in [1.82, 2.24) is 9.97 Å². The number of benzene rings is 1. The predicted molar refractivity (Wildman–Crippen MR) is 62.9 cm³/mol. The molecule has 1 heterocycles. The van der Waals surface area contributed by atoms with Crippen LogP contribution in [0.5, 0.6) is 11.5 Å². The lowest BCUT2D eigenvalue weighted by molar-refractivity contribution is -0.0511. The zero-order valence-corrected chi connectivity index (χ0v) is 9.94. The minimum Gasteiger partial charge on any atom is -0.493 e. The summed E-state index contributed by atoms with van der Waals surface area (Å²) < 4.78 is 33.7. The van der Waals surface area contributed by atoms with Crippen LogP contribution in [-0.2, 0) is 0 Å². The van der Waals surface area contributed by atoms with Crippen LogP contribution >= 0.6 is 12.2 Å². The Labute approximate surface area is 104 Å². The third-order valence-electron chi connectivity index (χ3n) is 2.24. The molecule has 0 saturated carbocycles. The molecule has 0 saturated heterocycles. The summed E-state index contributed by atoms with van der Waals surface area (Å²) in [6.07, 6.45) is 0. The quantitative estimate of drug-likeness (QED) is 0.842. The number of fused-ring (bicyclic) bond motifs is 1. The van der Waals surface area contributed by atoms with E-state index in [2.05, 4.69) is 14.7 Å². The lowest BCUT2D eigenvalue weighted by atomic mass is 10.2. The highest BCUT2D eigenvalue weighted by Gasteiger charge is 2.13. The van der Waals surface area contributed by atoms with Crippen molar-refractivity contribution in [3.8, 4) is 11.5 Å². The molecule has 1 aromatic carbocycles. The summed E-state index contributed by atoms with van der Waals surface area (Å²) in [5.41, 5.74) is -0.143. The van der Waals surface area contributed by atoms with E-state index in [0.717, 1.165) is 0 Å². The SMILES string of the molecule is COc1cc2c(=O)[nH]c(=S)[nH]c2cc1OC(F)F. The third kappa shape index (κ3) is 2.33. The van der Waals surface area contributed by atoms with E-state index in [1.54, 1.807) is 0 Å². The van der Waals surface area contributed by atoms with Gasteiger partial charge in [-0.15, -0.1) is 0 Å². The summed E-state index contributed by atoms with van der Waals surface area (Å²) in [6, 6.07) is 2.54. The van der Waals surface area contributed by atoms with Gasteiger partial charge in [-0.1, -0.05) is 0 Å². The minimum absolute atomic E-state index is 0.0406. The van der Waals surface area contributed by atoms with Gasteiger partial charge < -0.3 is 14.5 Å². The van der Waals surface area contributed by atoms with Crippen molar-refractivity contribution < 1.29 is 18.3 Å². The van der Waals surface area contributed by atoms with Gasteiger partial charge in [0.05, 0.1) is 18.0 Å². The number of aromatic nitrogens is 2. The fraction of sp³-hybridized carbons (Fsp3) is 0.200. The zero-order valence-electron chi connectivity index (χ0n) is 9.12. The van der Waals surface area contributed by atoms with Crippen LogP contribution in [0.2, 0.25) is 0 Å². The van der Waals surface area contributed by atoms with Crippen molar-refractivity contribution in [3.05, 3.63) is 27.3 Å². The van der Waals surface area contributed by atoms with Crippen LogP contribution in [0.1, 0.15) is 0 Å². The molecule has 0 spiro atoms. The molecule has 0 fully saturated rings. The molecule has 0 radical (unpaired) electrons. The van der Waals surface area contributed by atoms with E-state index in [1.165, 1.54) is 19.2 Å². The molecule has 96 valence electrons. The molecule has 0 aliphatic carbocycles. The van der Waals surface area contributed by atoms with E-state index >= 15 is 0 Å². The molecule has 1 aromatic heterocycles. The summed E-state index contributed by atoms with van der Waals surface area (Å²) in [6.45, 7) is -2.98. The number of halogens is 2. The maximum atomic E-state index is 12.2. The first-order valence-corrected chi connectivity index (χ1v) is 5.21. The second-order valence-electron chi connectivity index (χ2n) is 3.34. The van der Waals surface area contributed by atoms with E-state index in [4.69, 9.17) is 17.0 Å². The molecule has 0 atom stereocenters. The summed E-state index contributed by atoms with van der Waals surface area (Å²) in [4.78, 5) is 16.7. The van der Waals surface area contributed by atoms with Crippen LogP contribution in [0.4, 0.5) is 8.78 Å². The maximum absolute atomic E-state index is 12.2. The van der Waals surface area contributed by atoms with Gasteiger partial charge in [0.2, 0.25) is 0 Å². The molecule has 0 aliphatic heterocycles. The predicted octanol–water partition coefficient (Wildman–Crippen LogP) is 2.20. The third-order valence-corrected chi connectivity index (χ3v) is 2.44. The van der Waals surface area contributed by atoms with Crippen molar-refractivity contribution >= 4 is 23.1 Å². The molecule has 2 rings (SSSR count). The van der Waals surface area contributed by atoms with Gasteiger partial charge in [0.1, 0.15) is 0 Å². The lowest BCUT2D eigenvalue weighted by Crippen LogP contribution is -2.09. The number of methoxy groups -OCH3 is 1. The molecule has 2 aromatic rings. The first kappa shape index (κ1) is 12.5. The van der Waals surface area contributed by atoms with Crippen LogP contribution in [0, 0.1) is 4.77 Å².